The first-order valence-corrected chi connectivity index (χ1v) is 6.81. The first-order valence-electron chi connectivity index (χ1n) is 5.53. The predicted molar refractivity (Wildman–Crippen MR) is 71.8 cm³/mol. The van der Waals surface area contributed by atoms with Gasteiger partial charge in [0.25, 0.3) is 0 Å². The smallest absolute Gasteiger partial charge is 0.195 e. The average molecular weight is 269 g/mol. The zero-order valence-corrected chi connectivity index (χ0v) is 11.5. The van der Waals surface area contributed by atoms with Crippen molar-refractivity contribution in [2.24, 2.45) is 0 Å². The van der Waals surface area contributed by atoms with E-state index in [1.54, 1.807) is 11.3 Å². The summed E-state index contributed by atoms with van der Waals surface area (Å²) < 4.78 is 8.16. The molecule has 92 valence electrons. The Hall–Kier alpha value is -0.980. The lowest BCUT2D eigenvalue weighted by molar-refractivity contribution is 0.0640. The van der Waals surface area contributed by atoms with Crippen molar-refractivity contribution in [3.8, 4) is 10.7 Å². The maximum absolute atomic E-state index is 5.54. The highest BCUT2D eigenvalue weighted by molar-refractivity contribution is 7.71. The van der Waals surface area contributed by atoms with Crippen LogP contribution in [-0.4, -0.2) is 27.5 Å². The van der Waals surface area contributed by atoms with Gasteiger partial charge in [0, 0.05) is 6.61 Å². The molecule has 0 saturated heterocycles. The fourth-order valence-electron chi connectivity index (χ4n) is 1.68. The minimum Gasteiger partial charge on any atom is -0.377 e. The van der Waals surface area contributed by atoms with Gasteiger partial charge in [-0.3, -0.25) is 9.67 Å². The minimum absolute atomic E-state index is 0.128. The molecule has 0 saturated carbocycles. The highest BCUT2D eigenvalue weighted by Crippen LogP contribution is 2.23. The molecule has 0 bridgehead atoms. The zero-order valence-electron chi connectivity index (χ0n) is 9.84. The van der Waals surface area contributed by atoms with E-state index in [4.69, 9.17) is 17.0 Å². The highest BCUT2D eigenvalue weighted by atomic mass is 32.1. The molecule has 1 unspecified atom stereocenters. The van der Waals surface area contributed by atoms with Gasteiger partial charge in [-0.15, -0.1) is 11.3 Å². The van der Waals surface area contributed by atoms with Crippen molar-refractivity contribution in [1.82, 2.24) is 14.8 Å². The number of nitrogens with one attached hydrogen (secondary N) is 1. The van der Waals surface area contributed by atoms with E-state index in [1.807, 2.05) is 35.9 Å². The second-order valence-corrected chi connectivity index (χ2v) is 5.04. The summed E-state index contributed by atoms with van der Waals surface area (Å²) in [6, 6.07) is 4.05. The zero-order chi connectivity index (χ0) is 12.3. The Morgan fingerprint density at radius 1 is 1.65 bits per heavy atom. The van der Waals surface area contributed by atoms with Crippen LogP contribution in [0.5, 0.6) is 0 Å². The summed E-state index contributed by atoms with van der Waals surface area (Å²) in [4.78, 5) is 1.11. The van der Waals surface area contributed by atoms with Gasteiger partial charge in [-0.2, -0.15) is 5.10 Å². The van der Waals surface area contributed by atoms with Crippen LogP contribution in [0.3, 0.4) is 0 Å². The van der Waals surface area contributed by atoms with Crippen molar-refractivity contribution in [1.29, 1.82) is 0 Å². The fraction of sp³-hybridized carbons (Fsp3) is 0.455. The lowest BCUT2D eigenvalue weighted by Gasteiger charge is -2.13. The number of nitrogens with zero attached hydrogens (tertiary/aromatic N) is 2. The molecule has 2 aromatic rings. The Bertz CT molecular complexity index is 515. The number of aromatic amines is 1. The first-order chi connectivity index (χ1) is 8.22. The van der Waals surface area contributed by atoms with Crippen molar-refractivity contribution < 1.29 is 4.74 Å². The van der Waals surface area contributed by atoms with E-state index in [-0.39, 0.29) is 6.10 Å². The summed E-state index contributed by atoms with van der Waals surface area (Å²) in [7, 11) is 0. The van der Waals surface area contributed by atoms with Crippen LogP contribution in [0, 0.1) is 4.77 Å². The number of hydrogen-bond donors (Lipinski definition) is 1. The van der Waals surface area contributed by atoms with Crippen LogP contribution in [-0.2, 0) is 11.3 Å². The van der Waals surface area contributed by atoms with Crippen LogP contribution in [0.15, 0.2) is 17.5 Å². The lowest BCUT2D eigenvalue weighted by atomic mass is 10.3. The molecule has 6 heteroatoms. The fourth-order valence-corrected chi connectivity index (χ4v) is 2.60. The van der Waals surface area contributed by atoms with Crippen LogP contribution in [0.25, 0.3) is 10.7 Å². The van der Waals surface area contributed by atoms with Crippen LogP contribution in [0.1, 0.15) is 13.8 Å². The molecule has 2 rings (SSSR count). The Kier molecular flexibility index (Phi) is 4.09. The van der Waals surface area contributed by atoms with Gasteiger partial charge in [0.2, 0.25) is 0 Å². The number of H-pyrrole nitrogens is 1. The van der Waals surface area contributed by atoms with Crippen LogP contribution in [0.2, 0.25) is 0 Å². The Morgan fingerprint density at radius 2 is 2.47 bits per heavy atom. The summed E-state index contributed by atoms with van der Waals surface area (Å²) >= 11 is 6.90. The van der Waals surface area contributed by atoms with Crippen molar-refractivity contribution >= 4 is 23.6 Å². The van der Waals surface area contributed by atoms with Gasteiger partial charge in [0.1, 0.15) is 0 Å². The summed E-state index contributed by atoms with van der Waals surface area (Å²) in [5.74, 6) is 0.886. The minimum atomic E-state index is 0.128. The summed E-state index contributed by atoms with van der Waals surface area (Å²) in [6.45, 7) is 5.46. The molecule has 4 nitrogen and oxygen atoms in total. The Balaban J connectivity index is 2.27. The third-order valence-corrected chi connectivity index (χ3v) is 3.57. The molecular formula is C11H15N3OS2. The number of aromatic nitrogens is 3. The molecule has 0 radical (unpaired) electrons. The third-order valence-electron chi connectivity index (χ3n) is 2.39. The van der Waals surface area contributed by atoms with Gasteiger partial charge in [0.15, 0.2) is 10.6 Å². The van der Waals surface area contributed by atoms with Crippen molar-refractivity contribution in [2.45, 2.75) is 26.5 Å². The topological polar surface area (TPSA) is 42.8 Å². The van der Waals surface area contributed by atoms with Gasteiger partial charge in [-0.05, 0) is 37.5 Å². The maximum atomic E-state index is 5.54. The van der Waals surface area contributed by atoms with E-state index in [2.05, 4.69) is 10.2 Å². The average Bonchev–Trinajstić information content (AvgIpc) is 2.90. The van der Waals surface area contributed by atoms with E-state index in [0.717, 1.165) is 17.2 Å². The van der Waals surface area contributed by atoms with Gasteiger partial charge >= 0.3 is 0 Å². The molecule has 2 aromatic heterocycles. The van der Waals surface area contributed by atoms with Crippen molar-refractivity contribution in [2.75, 3.05) is 6.61 Å². The molecular weight excluding hydrogens is 254 g/mol. The van der Waals surface area contributed by atoms with Crippen LogP contribution in [0.4, 0.5) is 0 Å². The molecule has 0 amide bonds. The summed E-state index contributed by atoms with van der Waals surface area (Å²) in [5, 5.41) is 9.14. The monoisotopic (exact) mass is 269 g/mol. The molecule has 0 spiro atoms. The molecule has 1 N–H and O–H groups in total. The van der Waals surface area contributed by atoms with Crippen LogP contribution < -0.4 is 0 Å². The molecule has 0 fully saturated rings. The Morgan fingerprint density at radius 3 is 3.12 bits per heavy atom. The molecule has 0 aliphatic rings. The normalized spacial score (nSPS) is 12.8. The Labute approximate surface area is 109 Å². The van der Waals surface area contributed by atoms with Gasteiger partial charge < -0.3 is 4.74 Å². The van der Waals surface area contributed by atoms with Gasteiger partial charge in [0.05, 0.1) is 17.5 Å². The SMILES string of the molecule is CCOC(C)Cn1c(-c2cccs2)n[nH]c1=S. The van der Waals surface area contributed by atoms with E-state index in [1.165, 1.54) is 0 Å². The second kappa shape index (κ2) is 5.57. The van der Waals surface area contributed by atoms with E-state index < -0.39 is 0 Å². The molecule has 0 aromatic carbocycles. The van der Waals surface area contributed by atoms with Crippen molar-refractivity contribution in [3.05, 3.63) is 22.3 Å². The lowest BCUT2D eigenvalue weighted by Crippen LogP contribution is -2.17. The van der Waals surface area contributed by atoms with E-state index in [9.17, 15) is 0 Å². The molecule has 2 heterocycles. The standard InChI is InChI=1S/C11H15N3OS2/c1-3-15-8(2)7-14-10(12-13-11(14)16)9-5-4-6-17-9/h4-6,8H,3,7H2,1-2H3,(H,13,16). The molecule has 0 aliphatic heterocycles. The number of rotatable bonds is 5. The highest BCUT2D eigenvalue weighted by Gasteiger charge is 2.12. The van der Waals surface area contributed by atoms with E-state index in [0.29, 0.717) is 11.4 Å². The second-order valence-electron chi connectivity index (χ2n) is 3.71. The maximum Gasteiger partial charge on any atom is 0.195 e. The largest absolute Gasteiger partial charge is 0.377 e. The first kappa shape index (κ1) is 12.5. The van der Waals surface area contributed by atoms with Crippen LogP contribution >= 0.6 is 23.6 Å². The van der Waals surface area contributed by atoms with Gasteiger partial charge in [-0.1, -0.05) is 6.07 Å². The van der Waals surface area contributed by atoms with Gasteiger partial charge in [-0.25, -0.2) is 0 Å². The quantitative estimate of drug-likeness (QED) is 0.848. The predicted octanol–water partition coefficient (Wildman–Crippen LogP) is 3.09. The molecule has 17 heavy (non-hydrogen) atoms. The number of hydrogen-bond acceptors (Lipinski definition) is 4. The summed E-state index contributed by atoms with van der Waals surface area (Å²) in [6.07, 6.45) is 0.128. The third kappa shape index (κ3) is 2.83. The van der Waals surface area contributed by atoms with E-state index >= 15 is 0 Å². The molecule has 1 atom stereocenters. The number of thiophene rings is 1. The number of ether oxygens (including phenoxy) is 1. The summed E-state index contributed by atoms with van der Waals surface area (Å²) in [5.41, 5.74) is 0. The molecule has 0 aliphatic carbocycles. The van der Waals surface area contributed by atoms with Crippen molar-refractivity contribution in [3.63, 3.8) is 0 Å².